The molecule has 0 fully saturated rings. The van der Waals surface area contributed by atoms with Crippen LogP contribution in [0.5, 0.6) is 5.75 Å². The topological polar surface area (TPSA) is 21.3 Å². The molecule has 2 nitrogen and oxygen atoms in total. The van der Waals surface area contributed by atoms with Crippen LogP contribution in [0.4, 0.5) is 18.9 Å². The summed E-state index contributed by atoms with van der Waals surface area (Å²) >= 11 is 0. The Morgan fingerprint density at radius 3 is 2.37 bits per heavy atom. The highest BCUT2D eigenvalue weighted by Gasteiger charge is 2.11. The fourth-order valence-corrected chi connectivity index (χ4v) is 1.72. The van der Waals surface area contributed by atoms with Gasteiger partial charge in [-0.05, 0) is 37.8 Å². The van der Waals surface area contributed by atoms with Gasteiger partial charge in [-0.15, -0.1) is 0 Å². The van der Waals surface area contributed by atoms with Gasteiger partial charge in [-0.3, -0.25) is 0 Å². The summed E-state index contributed by atoms with van der Waals surface area (Å²) < 4.78 is 41.5. The van der Waals surface area contributed by atoms with Gasteiger partial charge in [-0.1, -0.05) is 13.8 Å². The molecule has 0 aliphatic rings. The van der Waals surface area contributed by atoms with Gasteiger partial charge in [-0.2, -0.15) is 8.78 Å². The lowest BCUT2D eigenvalue weighted by atomic mass is 10.0. The molecule has 1 aromatic carbocycles. The summed E-state index contributed by atoms with van der Waals surface area (Å²) in [5, 5.41) is 3.14. The monoisotopic (exact) mass is 275 g/mol. The third-order valence-electron chi connectivity index (χ3n) is 2.74. The number of benzene rings is 1. The zero-order valence-electron chi connectivity index (χ0n) is 11.4. The minimum absolute atomic E-state index is 0.198. The Hall–Kier alpha value is -1.39. The lowest BCUT2D eigenvalue weighted by Gasteiger charge is -2.17. The Bertz CT molecular complexity index is 396. The van der Waals surface area contributed by atoms with Crippen molar-refractivity contribution in [1.82, 2.24) is 0 Å². The van der Waals surface area contributed by atoms with Crippen LogP contribution in [0.2, 0.25) is 0 Å². The number of hydrogen-bond acceptors (Lipinski definition) is 2. The average Bonchev–Trinajstić information content (AvgIpc) is 2.29. The van der Waals surface area contributed by atoms with Gasteiger partial charge in [0.05, 0.1) is 0 Å². The van der Waals surface area contributed by atoms with Crippen LogP contribution in [0, 0.1) is 11.7 Å². The van der Waals surface area contributed by atoms with Gasteiger partial charge >= 0.3 is 6.61 Å². The third-order valence-corrected chi connectivity index (χ3v) is 2.74. The van der Waals surface area contributed by atoms with E-state index in [4.69, 9.17) is 0 Å². The Balaban J connectivity index is 2.58. The zero-order valence-corrected chi connectivity index (χ0v) is 11.4. The fraction of sp³-hybridized carbons (Fsp3) is 0.571. The second kappa shape index (κ2) is 7.26. The molecule has 19 heavy (non-hydrogen) atoms. The summed E-state index contributed by atoms with van der Waals surface area (Å²) in [6.07, 6.45) is 2.04. The fourth-order valence-electron chi connectivity index (χ4n) is 1.72. The maximum atomic E-state index is 13.5. The summed E-state index contributed by atoms with van der Waals surface area (Å²) in [7, 11) is 0. The molecule has 108 valence electrons. The molecule has 1 N–H and O–H groups in total. The van der Waals surface area contributed by atoms with Gasteiger partial charge < -0.3 is 10.1 Å². The molecule has 1 rings (SSSR count). The summed E-state index contributed by atoms with van der Waals surface area (Å²) in [6.45, 7) is 3.27. The molecule has 0 bridgehead atoms. The van der Waals surface area contributed by atoms with Crippen LogP contribution in [-0.2, 0) is 0 Å². The Morgan fingerprint density at radius 1 is 1.16 bits per heavy atom. The minimum Gasteiger partial charge on any atom is -0.432 e. The van der Waals surface area contributed by atoms with E-state index in [-0.39, 0.29) is 6.04 Å². The minimum atomic E-state index is -3.02. The lowest BCUT2D eigenvalue weighted by molar-refractivity contribution is -0.0521. The second-order valence-corrected chi connectivity index (χ2v) is 5.04. The van der Waals surface area contributed by atoms with Crippen LogP contribution in [-0.4, -0.2) is 12.7 Å². The molecule has 0 aliphatic heterocycles. The van der Waals surface area contributed by atoms with Gasteiger partial charge in [0.1, 0.15) is 0 Å². The predicted molar refractivity (Wildman–Crippen MR) is 70.2 cm³/mol. The maximum Gasteiger partial charge on any atom is 0.387 e. The molecule has 0 aromatic heterocycles. The first kappa shape index (κ1) is 15.7. The van der Waals surface area contributed by atoms with Crippen molar-refractivity contribution in [3.8, 4) is 5.75 Å². The quantitative estimate of drug-likeness (QED) is 0.781. The molecule has 5 heteroatoms. The molecular formula is C14H20F3NO. The summed E-state index contributed by atoms with van der Waals surface area (Å²) in [4.78, 5) is 0. The zero-order chi connectivity index (χ0) is 14.4. The molecule has 1 aromatic rings. The number of anilines is 1. The Labute approximate surface area is 112 Å². The molecule has 0 aliphatic carbocycles. The summed E-state index contributed by atoms with van der Waals surface area (Å²) in [6, 6.07) is 4.11. The first-order valence-corrected chi connectivity index (χ1v) is 6.39. The lowest BCUT2D eigenvalue weighted by Crippen LogP contribution is -2.16. The van der Waals surface area contributed by atoms with Crippen LogP contribution < -0.4 is 10.1 Å². The van der Waals surface area contributed by atoms with Gasteiger partial charge in [-0.25, -0.2) is 4.39 Å². The molecule has 1 atom stereocenters. The van der Waals surface area contributed by atoms with Crippen LogP contribution in [0.25, 0.3) is 0 Å². The van der Waals surface area contributed by atoms with Crippen molar-refractivity contribution in [3.63, 3.8) is 0 Å². The standard InChI is InChI=1S/C14H20F3NO/c1-9(2)4-5-10(3)18-11-6-7-13(12(15)8-11)19-14(16)17/h6-10,14,18H,4-5H2,1-3H3. The molecular weight excluding hydrogens is 255 g/mol. The van der Waals surface area contributed by atoms with Gasteiger partial charge in [0.25, 0.3) is 0 Å². The first-order chi connectivity index (χ1) is 8.88. The SMILES string of the molecule is CC(C)CCC(C)Nc1ccc(OC(F)F)c(F)c1. The number of halogens is 3. The largest absolute Gasteiger partial charge is 0.432 e. The van der Waals surface area contributed by atoms with E-state index in [0.29, 0.717) is 11.6 Å². The highest BCUT2D eigenvalue weighted by atomic mass is 19.3. The van der Waals surface area contributed by atoms with Crippen molar-refractivity contribution in [1.29, 1.82) is 0 Å². The molecule has 0 saturated carbocycles. The van der Waals surface area contributed by atoms with Crippen LogP contribution in [0.3, 0.4) is 0 Å². The Kier molecular flexibility index (Phi) is 5.99. The number of hydrogen-bond donors (Lipinski definition) is 1. The third kappa shape index (κ3) is 5.85. The van der Waals surface area contributed by atoms with E-state index in [0.717, 1.165) is 12.8 Å². The van der Waals surface area contributed by atoms with E-state index in [1.54, 1.807) is 0 Å². The van der Waals surface area contributed by atoms with E-state index in [1.165, 1.54) is 18.2 Å². The molecule has 0 radical (unpaired) electrons. The summed E-state index contributed by atoms with van der Waals surface area (Å²) in [5.41, 5.74) is 0.565. The van der Waals surface area contributed by atoms with Crippen molar-refractivity contribution >= 4 is 5.69 Å². The maximum absolute atomic E-state index is 13.5. The van der Waals surface area contributed by atoms with Crippen molar-refractivity contribution in [2.75, 3.05) is 5.32 Å². The smallest absolute Gasteiger partial charge is 0.387 e. The van der Waals surface area contributed by atoms with Crippen molar-refractivity contribution in [2.24, 2.45) is 5.92 Å². The van der Waals surface area contributed by atoms with E-state index in [1.807, 2.05) is 6.92 Å². The Morgan fingerprint density at radius 2 is 1.84 bits per heavy atom. The molecule has 0 saturated heterocycles. The average molecular weight is 275 g/mol. The van der Waals surface area contributed by atoms with Crippen molar-refractivity contribution < 1.29 is 17.9 Å². The highest BCUT2D eigenvalue weighted by molar-refractivity contribution is 5.47. The normalized spacial score (nSPS) is 12.8. The number of rotatable bonds is 7. The van der Waals surface area contributed by atoms with Crippen molar-refractivity contribution in [2.45, 2.75) is 46.3 Å². The van der Waals surface area contributed by atoms with E-state index < -0.39 is 18.2 Å². The molecule has 1 unspecified atom stereocenters. The number of nitrogens with one attached hydrogen (secondary N) is 1. The first-order valence-electron chi connectivity index (χ1n) is 6.39. The van der Waals surface area contributed by atoms with Gasteiger partial charge in [0.15, 0.2) is 11.6 Å². The van der Waals surface area contributed by atoms with Crippen LogP contribution in [0.1, 0.15) is 33.6 Å². The van der Waals surface area contributed by atoms with E-state index in [9.17, 15) is 13.2 Å². The van der Waals surface area contributed by atoms with Crippen LogP contribution in [0.15, 0.2) is 18.2 Å². The van der Waals surface area contributed by atoms with Gasteiger partial charge in [0, 0.05) is 17.8 Å². The van der Waals surface area contributed by atoms with Crippen molar-refractivity contribution in [3.05, 3.63) is 24.0 Å². The molecule has 0 heterocycles. The molecule has 0 spiro atoms. The van der Waals surface area contributed by atoms with E-state index in [2.05, 4.69) is 23.9 Å². The number of alkyl halides is 2. The highest BCUT2D eigenvalue weighted by Crippen LogP contribution is 2.23. The second-order valence-electron chi connectivity index (χ2n) is 5.04. The van der Waals surface area contributed by atoms with Gasteiger partial charge in [0.2, 0.25) is 0 Å². The van der Waals surface area contributed by atoms with Crippen LogP contribution >= 0.6 is 0 Å². The predicted octanol–water partition coefficient (Wildman–Crippen LogP) is 4.66. The van der Waals surface area contributed by atoms with E-state index >= 15 is 0 Å². The molecule has 0 amide bonds. The summed E-state index contributed by atoms with van der Waals surface area (Å²) in [5.74, 6) is -0.612. The number of ether oxygens (including phenoxy) is 1.